The van der Waals surface area contributed by atoms with Gasteiger partial charge in [-0.05, 0) is 38.5 Å². The van der Waals surface area contributed by atoms with Gasteiger partial charge >= 0.3 is 6.03 Å². The molecule has 9 nitrogen and oxygen atoms in total. The minimum absolute atomic E-state index is 0.00128. The van der Waals surface area contributed by atoms with Crippen LogP contribution < -0.4 is 15.5 Å². The van der Waals surface area contributed by atoms with E-state index in [4.69, 9.17) is 11.6 Å². The number of anilines is 2. The van der Waals surface area contributed by atoms with E-state index >= 15 is 0 Å². The molecule has 182 valence electrons. The van der Waals surface area contributed by atoms with E-state index in [1.54, 1.807) is 18.2 Å². The molecule has 0 aliphatic carbocycles. The third-order valence-electron chi connectivity index (χ3n) is 7.54. The average molecular weight is 486 g/mol. The maximum atomic E-state index is 13.6. The maximum Gasteiger partial charge on any atom is 0.320 e. The molecule has 1 unspecified atom stereocenters. The minimum atomic E-state index is -0.252. The number of nitrogens with one attached hydrogen (secondary N) is 2. The lowest BCUT2D eigenvalue weighted by Crippen LogP contribution is -2.70. The summed E-state index contributed by atoms with van der Waals surface area (Å²) in [7, 11) is 0. The lowest BCUT2D eigenvalue weighted by atomic mass is 9.87. The number of urea groups is 1. The second-order valence-corrected chi connectivity index (χ2v) is 10.1. The van der Waals surface area contributed by atoms with Crippen LogP contribution in [-0.4, -0.2) is 88.0 Å². The molecule has 34 heavy (non-hydrogen) atoms. The third-order valence-corrected chi connectivity index (χ3v) is 7.85. The van der Waals surface area contributed by atoms with Gasteiger partial charge in [-0.1, -0.05) is 24.6 Å². The topological polar surface area (TPSA) is 96.9 Å². The summed E-state index contributed by atoms with van der Waals surface area (Å²) in [5.74, 6) is 0.720. The average Bonchev–Trinajstić information content (AvgIpc) is 2.84. The zero-order valence-electron chi connectivity index (χ0n) is 19.9. The molecule has 0 spiro atoms. The van der Waals surface area contributed by atoms with Crippen LogP contribution in [0.2, 0.25) is 5.02 Å². The van der Waals surface area contributed by atoms with Gasteiger partial charge in [-0.15, -0.1) is 10.2 Å². The van der Waals surface area contributed by atoms with Gasteiger partial charge in [-0.2, -0.15) is 0 Å². The number of amides is 2. The zero-order valence-corrected chi connectivity index (χ0v) is 20.6. The molecule has 3 N–H and O–H groups in total. The first-order valence-electron chi connectivity index (χ1n) is 12.0. The first-order valence-corrected chi connectivity index (χ1v) is 12.4. The Labute approximate surface area is 205 Å². The van der Waals surface area contributed by atoms with Gasteiger partial charge in [-0.25, -0.2) is 4.79 Å². The van der Waals surface area contributed by atoms with Crippen LogP contribution in [0.1, 0.15) is 27.2 Å². The molecule has 2 aromatic rings. The molecule has 3 aliphatic rings. The number of para-hydroxylation sites is 1. The van der Waals surface area contributed by atoms with E-state index in [0.29, 0.717) is 37.4 Å². The summed E-state index contributed by atoms with van der Waals surface area (Å²) >= 11 is 6.13. The Kier molecular flexibility index (Phi) is 5.93. The van der Waals surface area contributed by atoms with Gasteiger partial charge in [0.25, 0.3) is 0 Å². The number of nitrogens with zero attached hydrogens (tertiary/aromatic N) is 5. The maximum absolute atomic E-state index is 13.6. The summed E-state index contributed by atoms with van der Waals surface area (Å²) in [6.07, 6.45) is 0.871. The van der Waals surface area contributed by atoms with E-state index in [1.807, 2.05) is 15.9 Å². The molecular weight excluding hydrogens is 454 g/mol. The number of carbonyl (C=O) groups excluding carboxylic acids is 1. The third kappa shape index (κ3) is 3.71. The normalized spacial score (nSPS) is 26.5. The van der Waals surface area contributed by atoms with Crippen LogP contribution in [0.5, 0.6) is 5.75 Å². The van der Waals surface area contributed by atoms with Crippen molar-refractivity contribution in [1.29, 1.82) is 0 Å². The molecule has 2 amide bonds. The summed E-state index contributed by atoms with van der Waals surface area (Å²) in [6, 6.07) is 7.63. The monoisotopic (exact) mass is 485 g/mol. The number of hydrogen-bond donors (Lipinski definition) is 3. The van der Waals surface area contributed by atoms with E-state index in [-0.39, 0.29) is 34.4 Å². The highest BCUT2D eigenvalue weighted by Crippen LogP contribution is 2.42. The highest BCUT2D eigenvalue weighted by Gasteiger charge is 2.47. The first kappa shape index (κ1) is 23.0. The summed E-state index contributed by atoms with van der Waals surface area (Å²) in [5, 5.41) is 26.4. The predicted octanol–water partition coefficient (Wildman–Crippen LogP) is 3.00. The van der Waals surface area contributed by atoms with Gasteiger partial charge in [0.05, 0.1) is 21.9 Å². The van der Waals surface area contributed by atoms with Crippen LogP contribution in [-0.2, 0) is 0 Å². The number of phenols is 1. The lowest BCUT2D eigenvalue weighted by molar-refractivity contribution is 0.0837. The minimum Gasteiger partial charge on any atom is -0.506 e. The van der Waals surface area contributed by atoms with E-state index in [1.165, 1.54) is 0 Å². The number of phenolic OH excluding ortho intramolecular Hbond substituents is 1. The summed E-state index contributed by atoms with van der Waals surface area (Å²) in [4.78, 5) is 20.0. The molecule has 3 aliphatic heterocycles. The van der Waals surface area contributed by atoms with Crippen molar-refractivity contribution in [1.82, 2.24) is 25.3 Å². The fourth-order valence-electron chi connectivity index (χ4n) is 5.58. The fraction of sp³-hybridized carbons (Fsp3) is 0.542. The Hall–Kier alpha value is -2.78. The number of aromatic nitrogens is 2. The smallest absolute Gasteiger partial charge is 0.320 e. The Bertz CT molecular complexity index is 1090. The Morgan fingerprint density at radius 2 is 2.00 bits per heavy atom. The molecule has 4 heterocycles. The number of fused-ring (bicyclic) bond motifs is 3. The van der Waals surface area contributed by atoms with Crippen molar-refractivity contribution < 1.29 is 9.90 Å². The second-order valence-electron chi connectivity index (χ2n) is 9.65. The number of benzene rings is 1. The Morgan fingerprint density at radius 3 is 2.74 bits per heavy atom. The fourth-order valence-corrected chi connectivity index (χ4v) is 5.76. The van der Waals surface area contributed by atoms with Crippen LogP contribution in [0, 0.1) is 0 Å². The molecule has 2 fully saturated rings. The van der Waals surface area contributed by atoms with E-state index in [0.717, 1.165) is 31.0 Å². The van der Waals surface area contributed by atoms with Crippen LogP contribution in [0.3, 0.4) is 0 Å². The molecule has 0 radical (unpaired) electrons. The summed E-state index contributed by atoms with van der Waals surface area (Å²) < 4.78 is 0. The molecule has 3 atom stereocenters. The quantitative estimate of drug-likeness (QED) is 0.601. The number of rotatable bonds is 2. The van der Waals surface area contributed by atoms with Gasteiger partial charge in [0.1, 0.15) is 5.75 Å². The molecule has 10 heteroatoms. The SMILES string of the molecule is CCC12CNc3nnc(-c4cccc(Cl)c4O)cc3N1CCN(C(=O)N1[C@H](C)CNC[C@H]1C)C2. The number of aromatic hydroxyl groups is 1. The number of hydrogen-bond acceptors (Lipinski definition) is 7. The van der Waals surface area contributed by atoms with Crippen LogP contribution >= 0.6 is 11.6 Å². The molecule has 2 saturated heterocycles. The van der Waals surface area contributed by atoms with Gasteiger partial charge in [-0.3, -0.25) is 0 Å². The number of carbonyl (C=O) groups is 1. The first-order chi connectivity index (χ1) is 16.3. The second kappa shape index (κ2) is 8.78. The van der Waals surface area contributed by atoms with Crippen molar-refractivity contribution in [2.24, 2.45) is 0 Å². The number of piperazine rings is 2. The highest BCUT2D eigenvalue weighted by atomic mass is 35.5. The van der Waals surface area contributed by atoms with E-state index in [2.05, 4.69) is 46.5 Å². The Morgan fingerprint density at radius 1 is 1.24 bits per heavy atom. The van der Waals surface area contributed by atoms with Crippen molar-refractivity contribution in [3.63, 3.8) is 0 Å². The largest absolute Gasteiger partial charge is 0.506 e. The number of halogens is 1. The Balaban J connectivity index is 1.45. The van der Waals surface area contributed by atoms with Crippen molar-refractivity contribution >= 4 is 29.1 Å². The standard InChI is InChI=1S/C24H32ClN7O2/c1-4-24-13-27-22-20(10-19(28-29-22)17-6-5-7-18(25)21(17)33)31(24)9-8-30(14-24)23(34)32-15(2)11-26-12-16(32)3/h5-7,10,15-16,26,33H,4,8-9,11-14H2,1-3H3,(H,27,29)/t15-,16-,24?/m1/s1. The van der Waals surface area contributed by atoms with E-state index in [9.17, 15) is 9.90 Å². The highest BCUT2D eigenvalue weighted by molar-refractivity contribution is 6.32. The molecule has 0 bridgehead atoms. The molecule has 5 rings (SSSR count). The van der Waals surface area contributed by atoms with Crippen molar-refractivity contribution in [2.45, 2.75) is 44.8 Å². The van der Waals surface area contributed by atoms with Gasteiger partial charge in [0, 0.05) is 56.9 Å². The van der Waals surface area contributed by atoms with Crippen molar-refractivity contribution in [2.75, 3.05) is 49.5 Å². The van der Waals surface area contributed by atoms with Gasteiger partial charge in [0.2, 0.25) is 0 Å². The van der Waals surface area contributed by atoms with Gasteiger partial charge in [0.15, 0.2) is 5.82 Å². The predicted molar refractivity (Wildman–Crippen MR) is 134 cm³/mol. The molecule has 1 aromatic heterocycles. The van der Waals surface area contributed by atoms with Crippen molar-refractivity contribution in [3.05, 3.63) is 29.3 Å². The van der Waals surface area contributed by atoms with Gasteiger partial charge < -0.3 is 30.4 Å². The molecular formula is C24H32ClN7O2. The molecule has 1 aromatic carbocycles. The van der Waals surface area contributed by atoms with E-state index < -0.39 is 0 Å². The van der Waals surface area contributed by atoms with Crippen LogP contribution in [0.25, 0.3) is 11.3 Å². The van der Waals surface area contributed by atoms with Crippen LogP contribution in [0.15, 0.2) is 24.3 Å². The lowest BCUT2D eigenvalue weighted by Gasteiger charge is -2.55. The van der Waals surface area contributed by atoms with Crippen LogP contribution in [0.4, 0.5) is 16.3 Å². The summed E-state index contributed by atoms with van der Waals surface area (Å²) in [5.41, 5.74) is 1.80. The van der Waals surface area contributed by atoms with Crippen molar-refractivity contribution in [3.8, 4) is 17.0 Å². The zero-order chi connectivity index (χ0) is 24.0. The molecule has 0 saturated carbocycles. The summed E-state index contributed by atoms with van der Waals surface area (Å²) in [6.45, 7) is 10.7.